The SMILES string of the molecule is CCOC(=O)Oc1cc(C=O)[nH]c(=O)c1OCc1ccccc1. The van der Waals surface area contributed by atoms with Crippen molar-refractivity contribution < 1.29 is 23.8 Å². The zero-order valence-corrected chi connectivity index (χ0v) is 12.4. The minimum atomic E-state index is -0.987. The van der Waals surface area contributed by atoms with Crippen molar-refractivity contribution in [2.24, 2.45) is 0 Å². The molecule has 0 amide bonds. The van der Waals surface area contributed by atoms with Crippen LogP contribution in [0.5, 0.6) is 11.5 Å². The highest BCUT2D eigenvalue weighted by molar-refractivity contribution is 5.74. The van der Waals surface area contributed by atoms with Gasteiger partial charge >= 0.3 is 6.16 Å². The summed E-state index contributed by atoms with van der Waals surface area (Å²) in [5, 5.41) is 0. The van der Waals surface area contributed by atoms with Crippen LogP contribution in [0.15, 0.2) is 41.2 Å². The Kier molecular flexibility index (Phi) is 5.51. The second kappa shape index (κ2) is 7.79. The fourth-order valence-electron chi connectivity index (χ4n) is 1.79. The van der Waals surface area contributed by atoms with Crippen LogP contribution < -0.4 is 15.0 Å². The highest BCUT2D eigenvalue weighted by Crippen LogP contribution is 2.24. The molecule has 1 heterocycles. The molecule has 0 atom stereocenters. The maximum Gasteiger partial charge on any atom is 0.513 e. The number of H-pyrrole nitrogens is 1. The fraction of sp³-hybridized carbons (Fsp3) is 0.188. The van der Waals surface area contributed by atoms with Gasteiger partial charge in [0.05, 0.1) is 12.3 Å². The topological polar surface area (TPSA) is 94.7 Å². The molecular weight excluding hydrogens is 302 g/mol. The van der Waals surface area contributed by atoms with Gasteiger partial charge in [-0.3, -0.25) is 9.59 Å². The van der Waals surface area contributed by atoms with Crippen LogP contribution in [0.3, 0.4) is 0 Å². The number of rotatable bonds is 6. The van der Waals surface area contributed by atoms with Crippen molar-refractivity contribution in [1.29, 1.82) is 0 Å². The molecule has 0 saturated carbocycles. The Hall–Kier alpha value is -3.09. The van der Waals surface area contributed by atoms with Crippen LogP contribution >= 0.6 is 0 Å². The van der Waals surface area contributed by atoms with Crippen LogP contribution in [0.1, 0.15) is 23.0 Å². The summed E-state index contributed by atoms with van der Waals surface area (Å²) in [7, 11) is 0. The van der Waals surface area contributed by atoms with E-state index in [1.165, 1.54) is 6.07 Å². The molecule has 0 radical (unpaired) electrons. The summed E-state index contributed by atoms with van der Waals surface area (Å²) >= 11 is 0. The van der Waals surface area contributed by atoms with Crippen LogP contribution in [0.4, 0.5) is 4.79 Å². The van der Waals surface area contributed by atoms with Crippen molar-refractivity contribution in [3.8, 4) is 11.5 Å². The van der Waals surface area contributed by atoms with E-state index in [0.29, 0.717) is 6.29 Å². The number of aromatic nitrogens is 1. The van der Waals surface area contributed by atoms with Gasteiger partial charge in [0.25, 0.3) is 5.56 Å². The molecule has 0 aliphatic heterocycles. The Labute approximate surface area is 131 Å². The second-order valence-electron chi connectivity index (χ2n) is 4.42. The van der Waals surface area contributed by atoms with E-state index in [1.54, 1.807) is 6.92 Å². The number of ether oxygens (including phenoxy) is 3. The third-order valence-electron chi connectivity index (χ3n) is 2.78. The first-order chi connectivity index (χ1) is 11.1. The van der Waals surface area contributed by atoms with Gasteiger partial charge in [-0.25, -0.2) is 4.79 Å². The summed E-state index contributed by atoms with van der Waals surface area (Å²) in [5.41, 5.74) is 0.111. The lowest BCUT2D eigenvalue weighted by molar-refractivity contribution is 0.102. The zero-order valence-electron chi connectivity index (χ0n) is 12.4. The third-order valence-corrected chi connectivity index (χ3v) is 2.78. The Morgan fingerprint density at radius 3 is 2.65 bits per heavy atom. The summed E-state index contributed by atoms with van der Waals surface area (Å²) in [4.78, 5) is 36.6. The van der Waals surface area contributed by atoms with Crippen molar-refractivity contribution in [2.75, 3.05) is 6.61 Å². The van der Waals surface area contributed by atoms with Crippen molar-refractivity contribution in [3.63, 3.8) is 0 Å². The number of carbonyl (C=O) groups is 2. The number of pyridine rings is 1. The Bertz CT molecular complexity index is 738. The lowest BCUT2D eigenvalue weighted by Crippen LogP contribution is -2.18. The quantitative estimate of drug-likeness (QED) is 0.649. The number of aldehydes is 1. The molecule has 120 valence electrons. The third kappa shape index (κ3) is 4.44. The molecule has 2 rings (SSSR count). The molecule has 0 unspecified atom stereocenters. The molecule has 0 saturated heterocycles. The molecular formula is C16H15NO6. The number of nitrogens with one attached hydrogen (secondary N) is 1. The van der Waals surface area contributed by atoms with Crippen LogP contribution in [0.25, 0.3) is 0 Å². The average molecular weight is 317 g/mol. The van der Waals surface area contributed by atoms with E-state index in [-0.39, 0.29) is 30.4 Å². The summed E-state index contributed by atoms with van der Waals surface area (Å²) in [6, 6.07) is 10.3. The van der Waals surface area contributed by atoms with Gasteiger partial charge in [-0.1, -0.05) is 30.3 Å². The highest BCUT2D eigenvalue weighted by atomic mass is 16.7. The molecule has 2 aromatic rings. The van der Waals surface area contributed by atoms with Gasteiger partial charge in [-0.15, -0.1) is 0 Å². The Morgan fingerprint density at radius 1 is 1.26 bits per heavy atom. The molecule has 23 heavy (non-hydrogen) atoms. The molecule has 0 bridgehead atoms. The van der Waals surface area contributed by atoms with Crippen LogP contribution in [0, 0.1) is 0 Å². The number of hydrogen-bond donors (Lipinski definition) is 1. The van der Waals surface area contributed by atoms with Gasteiger partial charge in [0.15, 0.2) is 12.0 Å². The first-order valence-corrected chi connectivity index (χ1v) is 6.88. The van der Waals surface area contributed by atoms with Gasteiger partial charge in [-0.2, -0.15) is 0 Å². The Morgan fingerprint density at radius 2 is 2.00 bits per heavy atom. The van der Waals surface area contributed by atoms with E-state index < -0.39 is 11.7 Å². The molecule has 0 spiro atoms. The number of aromatic amines is 1. The van der Waals surface area contributed by atoms with Crippen molar-refractivity contribution in [2.45, 2.75) is 13.5 Å². The molecule has 1 aromatic carbocycles. The smallest absolute Gasteiger partial charge is 0.480 e. The van der Waals surface area contributed by atoms with Crippen molar-refractivity contribution in [3.05, 3.63) is 58.0 Å². The summed E-state index contributed by atoms with van der Waals surface area (Å²) in [6.07, 6.45) is -0.556. The van der Waals surface area contributed by atoms with E-state index in [9.17, 15) is 14.4 Å². The summed E-state index contributed by atoms with van der Waals surface area (Å²) in [5.74, 6) is -0.377. The molecule has 1 aromatic heterocycles. The van der Waals surface area contributed by atoms with E-state index in [0.717, 1.165) is 5.56 Å². The van der Waals surface area contributed by atoms with Gasteiger partial charge in [0.1, 0.15) is 6.61 Å². The number of carbonyl (C=O) groups excluding carboxylic acids is 2. The first-order valence-electron chi connectivity index (χ1n) is 6.88. The predicted octanol–water partition coefficient (Wildman–Crippen LogP) is 2.30. The fourth-order valence-corrected chi connectivity index (χ4v) is 1.79. The lowest BCUT2D eigenvalue weighted by atomic mass is 10.2. The minimum absolute atomic E-state index is 0.0404. The van der Waals surface area contributed by atoms with Crippen LogP contribution in [-0.2, 0) is 11.3 Å². The van der Waals surface area contributed by atoms with E-state index in [1.807, 2.05) is 30.3 Å². The Balaban J connectivity index is 2.26. The normalized spacial score (nSPS) is 9.96. The van der Waals surface area contributed by atoms with Gasteiger partial charge < -0.3 is 19.2 Å². The molecule has 1 N–H and O–H groups in total. The number of hydrogen-bond acceptors (Lipinski definition) is 6. The standard InChI is InChI=1S/C16H15NO6/c1-2-21-16(20)23-13-8-12(9-18)17-15(19)14(13)22-10-11-6-4-3-5-7-11/h3-9H,2,10H2,1H3,(H,17,19). The van der Waals surface area contributed by atoms with E-state index >= 15 is 0 Å². The minimum Gasteiger partial charge on any atom is -0.480 e. The molecule has 7 nitrogen and oxygen atoms in total. The highest BCUT2D eigenvalue weighted by Gasteiger charge is 2.17. The summed E-state index contributed by atoms with van der Waals surface area (Å²) < 4.78 is 15.0. The lowest BCUT2D eigenvalue weighted by Gasteiger charge is -2.11. The first kappa shape index (κ1) is 16.3. The second-order valence-corrected chi connectivity index (χ2v) is 4.42. The average Bonchev–Trinajstić information content (AvgIpc) is 2.55. The predicted molar refractivity (Wildman–Crippen MR) is 80.9 cm³/mol. The number of benzene rings is 1. The van der Waals surface area contributed by atoms with Crippen molar-refractivity contribution >= 4 is 12.4 Å². The van der Waals surface area contributed by atoms with E-state index in [4.69, 9.17) is 9.47 Å². The largest absolute Gasteiger partial charge is 0.513 e. The van der Waals surface area contributed by atoms with Gasteiger partial charge in [0, 0.05) is 6.07 Å². The van der Waals surface area contributed by atoms with Gasteiger partial charge in [0.2, 0.25) is 5.75 Å². The maximum absolute atomic E-state index is 12.0. The molecule has 0 fully saturated rings. The molecule has 7 heteroatoms. The zero-order chi connectivity index (χ0) is 16.7. The molecule has 0 aliphatic rings. The van der Waals surface area contributed by atoms with Crippen LogP contribution in [0.2, 0.25) is 0 Å². The monoisotopic (exact) mass is 317 g/mol. The molecule has 0 aliphatic carbocycles. The van der Waals surface area contributed by atoms with Crippen LogP contribution in [-0.4, -0.2) is 24.0 Å². The summed E-state index contributed by atoms with van der Waals surface area (Å²) in [6.45, 7) is 1.83. The van der Waals surface area contributed by atoms with Gasteiger partial charge in [-0.05, 0) is 12.5 Å². The van der Waals surface area contributed by atoms with E-state index in [2.05, 4.69) is 9.72 Å². The maximum atomic E-state index is 12.0. The van der Waals surface area contributed by atoms with Crippen molar-refractivity contribution in [1.82, 2.24) is 4.98 Å².